The van der Waals surface area contributed by atoms with Crippen LogP contribution < -0.4 is 0 Å². The van der Waals surface area contributed by atoms with Gasteiger partial charge in [-0.05, 0) is 18.4 Å². The maximum absolute atomic E-state index is 5.45. The number of rotatable bonds is 8. The van der Waals surface area contributed by atoms with Crippen LogP contribution in [0.15, 0.2) is 35.3 Å². The Kier molecular flexibility index (Phi) is 5.20. The van der Waals surface area contributed by atoms with E-state index < -0.39 is 0 Å². The Morgan fingerprint density at radius 2 is 2.12 bits per heavy atom. The maximum Gasteiger partial charge on any atom is 0.104 e. The third-order valence-electron chi connectivity index (χ3n) is 2.57. The zero-order valence-electron chi connectivity index (χ0n) is 10.0. The molecule has 0 saturated carbocycles. The number of benzene rings is 1. The van der Waals surface area contributed by atoms with Crippen LogP contribution in [0.4, 0.5) is 0 Å². The highest BCUT2D eigenvalue weighted by atomic mass is 16.6. The first-order valence-corrected chi connectivity index (χ1v) is 6.19. The van der Waals surface area contributed by atoms with Gasteiger partial charge in [0.15, 0.2) is 0 Å². The third-order valence-corrected chi connectivity index (χ3v) is 2.57. The lowest BCUT2D eigenvalue weighted by Gasteiger charge is -2.00. The van der Waals surface area contributed by atoms with Crippen molar-refractivity contribution in [3.63, 3.8) is 0 Å². The molecular formula is C14H19NO2. The molecule has 3 nitrogen and oxygen atoms in total. The summed E-state index contributed by atoms with van der Waals surface area (Å²) in [6.45, 7) is 3.33. The molecule has 92 valence electrons. The molecule has 17 heavy (non-hydrogen) atoms. The molecule has 1 atom stereocenters. The molecule has 0 spiro atoms. The van der Waals surface area contributed by atoms with Crippen LogP contribution in [0.3, 0.4) is 0 Å². The Balaban J connectivity index is 1.46. The van der Waals surface area contributed by atoms with Crippen molar-refractivity contribution in [2.45, 2.75) is 18.9 Å². The number of aliphatic imine (C=N–C) groups is 1. The van der Waals surface area contributed by atoms with E-state index in [-0.39, 0.29) is 0 Å². The lowest BCUT2D eigenvalue weighted by atomic mass is 10.2. The van der Waals surface area contributed by atoms with Crippen molar-refractivity contribution >= 4 is 6.21 Å². The molecule has 3 heteroatoms. The van der Waals surface area contributed by atoms with Crippen LogP contribution in [-0.2, 0) is 9.47 Å². The molecule has 1 heterocycles. The molecule has 0 bridgehead atoms. The van der Waals surface area contributed by atoms with E-state index in [1.807, 2.05) is 24.4 Å². The number of hydrogen-bond acceptors (Lipinski definition) is 3. The fraction of sp³-hybridized carbons (Fsp3) is 0.500. The van der Waals surface area contributed by atoms with Crippen LogP contribution >= 0.6 is 0 Å². The number of ether oxygens (including phenoxy) is 2. The first kappa shape index (κ1) is 12.3. The van der Waals surface area contributed by atoms with Gasteiger partial charge in [-0.1, -0.05) is 30.3 Å². The van der Waals surface area contributed by atoms with E-state index in [4.69, 9.17) is 9.47 Å². The monoisotopic (exact) mass is 233 g/mol. The van der Waals surface area contributed by atoms with E-state index in [2.05, 4.69) is 17.1 Å². The number of unbranched alkanes of at least 4 members (excludes halogenated alkanes) is 1. The SMILES string of the molecule is C(=NCCCCOCC1CO1)c1ccccc1. The van der Waals surface area contributed by atoms with Gasteiger partial charge in [0, 0.05) is 19.4 Å². The van der Waals surface area contributed by atoms with Crippen molar-refractivity contribution in [3.8, 4) is 0 Å². The van der Waals surface area contributed by atoms with Crippen LogP contribution in [0, 0.1) is 0 Å². The molecule has 1 aliphatic heterocycles. The predicted molar refractivity (Wildman–Crippen MR) is 68.7 cm³/mol. The molecule has 0 radical (unpaired) electrons. The second kappa shape index (κ2) is 7.20. The van der Waals surface area contributed by atoms with E-state index in [9.17, 15) is 0 Å². The van der Waals surface area contributed by atoms with Crippen LogP contribution in [0.25, 0.3) is 0 Å². The fourth-order valence-electron chi connectivity index (χ4n) is 1.50. The lowest BCUT2D eigenvalue weighted by molar-refractivity contribution is 0.113. The van der Waals surface area contributed by atoms with E-state index in [0.717, 1.165) is 44.8 Å². The summed E-state index contributed by atoms with van der Waals surface area (Å²) in [6, 6.07) is 10.2. The van der Waals surface area contributed by atoms with Crippen LogP contribution in [0.1, 0.15) is 18.4 Å². The quantitative estimate of drug-likeness (QED) is 0.392. The molecule has 0 aromatic heterocycles. The van der Waals surface area contributed by atoms with Crippen molar-refractivity contribution in [1.29, 1.82) is 0 Å². The summed E-state index contributed by atoms with van der Waals surface area (Å²) in [5.41, 5.74) is 1.16. The minimum atomic E-state index is 0.381. The van der Waals surface area contributed by atoms with Crippen molar-refractivity contribution in [2.24, 2.45) is 4.99 Å². The van der Waals surface area contributed by atoms with E-state index in [1.165, 1.54) is 0 Å². The third kappa shape index (κ3) is 5.61. The molecule has 1 unspecified atom stereocenters. The van der Waals surface area contributed by atoms with Crippen molar-refractivity contribution in [3.05, 3.63) is 35.9 Å². The summed E-state index contributed by atoms with van der Waals surface area (Å²) in [5.74, 6) is 0. The van der Waals surface area contributed by atoms with Gasteiger partial charge in [0.1, 0.15) is 6.10 Å². The lowest BCUT2D eigenvalue weighted by Crippen LogP contribution is -2.02. The van der Waals surface area contributed by atoms with E-state index >= 15 is 0 Å². The van der Waals surface area contributed by atoms with Crippen LogP contribution in [0.2, 0.25) is 0 Å². The van der Waals surface area contributed by atoms with Gasteiger partial charge < -0.3 is 9.47 Å². The van der Waals surface area contributed by atoms with E-state index in [0.29, 0.717) is 6.10 Å². The van der Waals surface area contributed by atoms with E-state index in [1.54, 1.807) is 0 Å². The normalized spacial score (nSPS) is 18.7. The van der Waals surface area contributed by atoms with Crippen molar-refractivity contribution in [2.75, 3.05) is 26.4 Å². The first-order valence-electron chi connectivity index (χ1n) is 6.19. The summed E-state index contributed by atoms with van der Waals surface area (Å²) in [7, 11) is 0. The maximum atomic E-state index is 5.45. The van der Waals surface area contributed by atoms with Gasteiger partial charge in [-0.2, -0.15) is 0 Å². The molecule has 1 fully saturated rings. The standard InChI is InChI=1S/C14H19NO2/c1-2-6-13(7-3-1)10-15-8-4-5-9-16-11-14-12-17-14/h1-3,6-7,10,14H,4-5,8-9,11-12H2. The zero-order chi connectivity index (χ0) is 11.8. The molecule has 2 rings (SSSR count). The molecule has 1 aliphatic rings. The highest BCUT2D eigenvalue weighted by Gasteiger charge is 2.21. The average Bonchev–Trinajstić information content (AvgIpc) is 3.18. The van der Waals surface area contributed by atoms with Crippen LogP contribution in [0.5, 0.6) is 0 Å². The Morgan fingerprint density at radius 3 is 2.88 bits per heavy atom. The Labute approximate surface area is 102 Å². The summed E-state index contributed by atoms with van der Waals surface area (Å²) in [6.07, 6.45) is 4.46. The zero-order valence-corrected chi connectivity index (χ0v) is 10.0. The summed E-state index contributed by atoms with van der Waals surface area (Å²) < 4.78 is 10.5. The number of nitrogens with zero attached hydrogens (tertiary/aromatic N) is 1. The van der Waals surface area contributed by atoms with Gasteiger partial charge in [0.25, 0.3) is 0 Å². The van der Waals surface area contributed by atoms with Gasteiger partial charge in [-0.25, -0.2) is 0 Å². The molecule has 1 saturated heterocycles. The molecule has 1 aromatic rings. The fourth-order valence-corrected chi connectivity index (χ4v) is 1.50. The number of hydrogen-bond donors (Lipinski definition) is 0. The molecule has 0 N–H and O–H groups in total. The van der Waals surface area contributed by atoms with Crippen LogP contribution in [-0.4, -0.2) is 38.7 Å². The topological polar surface area (TPSA) is 34.1 Å². The highest BCUT2D eigenvalue weighted by Crippen LogP contribution is 2.08. The molecule has 0 aliphatic carbocycles. The largest absolute Gasteiger partial charge is 0.379 e. The first-order chi connectivity index (χ1) is 8.45. The summed E-state index contributed by atoms with van der Waals surface area (Å²) in [5, 5.41) is 0. The van der Waals surface area contributed by atoms with Gasteiger partial charge in [0.05, 0.1) is 13.2 Å². The molecular weight excluding hydrogens is 214 g/mol. The minimum Gasteiger partial charge on any atom is -0.379 e. The minimum absolute atomic E-state index is 0.381. The van der Waals surface area contributed by atoms with Gasteiger partial charge in [-0.3, -0.25) is 4.99 Å². The Bertz CT molecular complexity index is 333. The second-order valence-electron chi connectivity index (χ2n) is 4.18. The van der Waals surface area contributed by atoms with Gasteiger partial charge >= 0.3 is 0 Å². The van der Waals surface area contributed by atoms with Gasteiger partial charge in [-0.15, -0.1) is 0 Å². The summed E-state index contributed by atoms with van der Waals surface area (Å²) in [4.78, 5) is 4.38. The van der Waals surface area contributed by atoms with Crippen molar-refractivity contribution < 1.29 is 9.47 Å². The Morgan fingerprint density at radius 1 is 1.29 bits per heavy atom. The summed E-state index contributed by atoms with van der Waals surface area (Å²) >= 11 is 0. The Hall–Kier alpha value is -1.19. The smallest absolute Gasteiger partial charge is 0.104 e. The second-order valence-corrected chi connectivity index (χ2v) is 4.18. The highest BCUT2D eigenvalue weighted by molar-refractivity contribution is 5.79. The average molecular weight is 233 g/mol. The van der Waals surface area contributed by atoms with Gasteiger partial charge in [0.2, 0.25) is 0 Å². The molecule has 0 amide bonds. The van der Waals surface area contributed by atoms with Crippen molar-refractivity contribution in [1.82, 2.24) is 0 Å². The number of epoxide rings is 1. The molecule has 1 aromatic carbocycles. The predicted octanol–water partition coefficient (Wildman–Crippen LogP) is 2.30.